The third-order valence-corrected chi connectivity index (χ3v) is 5.28. The van der Waals surface area contributed by atoms with Crippen molar-refractivity contribution in [3.63, 3.8) is 0 Å². The van der Waals surface area contributed by atoms with Crippen molar-refractivity contribution >= 4 is 31.7 Å². The van der Waals surface area contributed by atoms with Crippen LogP contribution in [0.3, 0.4) is 0 Å². The number of halogens is 1. The van der Waals surface area contributed by atoms with Gasteiger partial charge in [0.15, 0.2) is 9.84 Å². The summed E-state index contributed by atoms with van der Waals surface area (Å²) >= 11 is 3.25. The van der Waals surface area contributed by atoms with Crippen LogP contribution in [-0.2, 0) is 14.6 Å². The van der Waals surface area contributed by atoms with Crippen LogP contribution in [0.15, 0.2) is 33.6 Å². The first-order chi connectivity index (χ1) is 8.94. The van der Waals surface area contributed by atoms with Crippen molar-refractivity contribution in [3.8, 4) is 0 Å². The molecule has 1 aromatic carbocycles. The molecule has 1 saturated carbocycles. The molecule has 0 unspecified atom stereocenters. The van der Waals surface area contributed by atoms with Gasteiger partial charge in [0.25, 0.3) is 0 Å². The Bertz CT molecular complexity index is 564. The average Bonchev–Trinajstić information content (AvgIpc) is 3.14. The molecule has 0 atom stereocenters. The lowest BCUT2D eigenvalue weighted by Gasteiger charge is -2.20. The van der Waals surface area contributed by atoms with E-state index in [0.717, 1.165) is 17.3 Å². The van der Waals surface area contributed by atoms with E-state index in [1.165, 1.54) is 12.1 Å². The molecule has 1 amide bonds. The highest BCUT2D eigenvalue weighted by molar-refractivity contribution is 9.10. The fourth-order valence-electron chi connectivity index (χ4n) is 2.00. The van der Waals surface area contributed by atoms with Gasteiger partial charge >= 0.3 is 0 Å². The third-order valence-electron chi connectivity index (χ3n) is 3.13. The number of nitrogens with zero attached hydrogens (tertiary/aromatic N) is 1. The number of hydrogen-bond acceptors (Lipinski definition) is 3. The van der Waals surface area contributed by atoms with E-state index in [0.29, 0.717) is 6.54 Å². The molecule has 0 aliphatic heterocycles. The first kappa shape index (κ1) is 14.5. The highest BCUT2D eigenvalue weighted by atomic mass is 79.9. The highest BCUT2D eigenvalue weighted by Gasteiger charge is 2.33. The van der Waals surface area contributed by atoms with Gasteiger partial charge in [-0.2, -0.15) is 0 Å². The zero-order chi connectivity index (χ0) is 14.0. The van der Waals surface area contributed by atoms with E-state index in [9.17, 15) is 13.2 Å². The van der Waals surface area contributed by atoms with Crippen molar-refractivity contribution in [2.75, 3.05) is 12.3 Å². The van der Waals surface area contributed by atoms with Gasteiger partial charge in [0.1, 0.15) is 5.75 Å². The Morgan fingerprint density at radius 3 is 2.37 bits per heavy atom. The smallest absolute Gasteiger partial charge is 0.238 e. The second-order valence-electron chi connectivity index (χ2n) is 4.62. The van der Waals surface area contributed by atoms with Crippen molar-refractivity contribution < 1.29 is 13.2 Å². The van der Waals surface area contributed by atoms with E-state index in [-0.39, 0.29) is 16.8 Å². The van der Waals surface area contributed by atoms with E-state index < -0.39 is 15.6 Å². The van der Waals surface area contributed by atoms with Gasteiger partial charge in [-0.25, -0.2) is 8.42 Å². The number of benzene rings is 1. The SMILES string of the molecule is CCN(C(=O)CS(=O)(=O)c1ccc(Br)cc1)C1CC1. The second-order valence-corrected chi connectivity index (χ2v) is 7.53. The Morgan fingerprint density at radius 1 is 1.32 bits per heavy atom. The lowest BCUT2D eigenvalue weighted by Crippen LogP contribution is -2.37. The Hall–Kier alpha value is -0.880. The van der Waals surface area contributed by atoms with Gasteiger partial charge < -0.3 is 4.90 Å². The standard InChI is InChI=1S/C13H16BrNO3S/c1-2-15(11-5-6-11)13(16)9-19(17,18)12-7-3-10(14)4-8-12/h3-4,7-8,11H,2,5-6,9H2,1H3. The van der Waals surface area contributed by atoms with Crippen LogP contribution >= 0.6 is 15.9 Å². The van der Waals surface area contributed by atoms with Gasteiger partial charge in [-0.1, -0.05) is 15.9 Å². The molecule has 2 rings (SSSR count). The van der Waals surface area contributed by atoms with Crippen molar-refractivity contribution in [1.82, 2.24) is 4.90 Å². The molecular weight excluding hydrogens is 330 g/mol. The number of rotatable bonds is 5. The van der Waals surface area contributed by atoms with Gasteiger partial charge in [0.2, 0.25) is 5.91 Å². The molecule has 0 saturated heterocycles. The first-order valence-electron chi connectivity index (χ1n) is 6.22. The van der Waals surface area contributed by atoms with Crippen molar-refractivity contribution in [2.45, 2.75) is 30.7 Å². The monoisotopic (exact) mass is 345 g/mol. The van der Waals surface area contributed by atoms with E-state index in [4.69, 9.17) is 0 Å². The maximum Gasteiger partial charge on any atom is 0.238 e. The van der Waals surface area contributed by atoms with Crippen LogP contribution in [0.4, 0.5) is 0 Å². The minimum Gasteiger partial charge on any atom is -0.339 e. The molecule has 104 valence electrons. The van der Waals surface area contributed by atoms with Gasteiger partial charge in [0, 0.05) is 17.1 Å². The Balaban J connectivity index is 2.12. The average molecular weight is 346 g/mol. The summed E-state index contributed by atoms with van der Waals surface area (Å²) in [7, 11) is -3.55. The summed E-state index contributed by atoms with van der Waals surface area (Å²) in [6, 6.07) is 6.60. The maximum atomic E-state index is 12.2. The van der Waals surface area contributed by atoms with Crippen molar-refractivity contribution in [3.05, 3.63) is 28.7 Å². The predicted molar refractivity (Wildman–Crippen MR) is 76.6 cm³/mol. The Morgan fingerprint density at radius 2 is 1.89 bits per heavy atom. The summed E-state index contributed by atoms with van der Waals surface area (Å²) in [5, 5.41) is 0. The van der Waals surface area contributed by atoms with Crippen LogP contribution in [0, 0.1) is 0 Å². The number of hydrogen-bond donors (Lipinski definition) is 0. The summed E-state index contributed by atoms with van der Waals surface area (Å²) in [5.74, 6) is -0.744. The topological polar surface area (TPSA) is 54.5 Å². The fourth-order valence-corrected chi connectivity index (χ4v) is 3.47. The van der Waals surface area contributed by atoms with E-state index in [1.54, 1.807) is 17.0 Å². The van der Waals surface area contributed by atoms with Crippen molar-refractivity contribution in [1.29, 1.82) is 0 Å². The molecule has 1 fully saturated rings. The minimum atomic E-state index is -3.55. The van der Waals surface area contributed by atoms with Crippen LogP contribution < -0.4 is 0 Å². The summed E-state index contributed by atoms with van der Waals surface area (Å²) in [4.78, 5) is 13.9. The summed E-state index contributed by atoms with van der Waals surface area (Å²) in [6.45, 7) is 2.45. The minimum absolute atomic E-state index is 0.191. The third kappa shape index (κ3) is 3.57. The van der Waals surface area contributed by atoms with Crippen LogP contribution in [0.2, 0.25) is 0 Å². The van der Waals surface area contributed by atoms with Crippen LogP contribution in [-0.4, -0.2) is 37.6 Å². The second kappa shape index (κ2) is 5.63. The maximum absolute atomic E-state index is 12.2. The van der Waals surface area contributed by atoms with Crippen LogP contribution in [0.5, 0.6) is 0 Å². The largest absolute Gasteiger partial charge is 0.339 e. The molecule has 6 heteroatoms. The number of carbonyl (C=O) groups excluding carboxylic acids is 1. The molecule has 1 aromatic rings. The van der Waals surface area contributed by atoms with E-state index >= 15 is 0 Å². The molecular formula is C13H16BrNO3S. The fraction of sp³-hybridized carbons (Fsp3) is 0.462. The Labute approximate surface area is 121 Å². The molecule has 1 aliphatic rings. The quantitative estimate of drug-likeness (QED) is 0.822. The van der Waals surface area contributed by atoms with Crippen molar-refractivity contribution in [2.24, 2.45) is 0 Å². The van der Waals surface area contributed by atoms with Gasteiger partial charge in [-0.15, -0.1) is 0 Å². The number of carbonyl (C=O) groups is 1. The number of sulfone groups is 1. The molecule has 0 spiro atoms. The molecule has 0 N–H and O–H groups in total. The first-order valence-corrected chi connectivity index (χ1v) is 8.66. The molecule has 0 radical (unpaired) electrons. The van der Waals surface area contributed by atoms with Gasteiger partial charge in [0.05, 0.1) is 4.90 Å². The zero-order valence-electron chi connectivity index (χ0n) is 10.7. The van der Waals surface area contributed by atoms with Gasteiger partial charge in [-0.3, -0.25) is 4.79 Å². The molecule has 0 heterocycles. The molecule has 0 aromatic heterocycles. The summed E-state index contributed by atoms with van der Waals surface area (Å²) in [5.41, 5.74) is 0. The summed E-state index contributed by atoms with van der Waals surface area (Å²) < 4.78 is 25.1. The van der Waals surface area contributed by atoms with E-state index in [2.05, 4.69) is 15.9 Å². The lowest BCUT2D eigenvalue weighted by atomic mass is 10.4. The molecule has 4 nitrogen and oxygen atoms in total. The van der Waals surface area contributed by atoms with Gasteiger partial charge in [-0.05, 0) is 44.0 Å². The van der Waals surface area contributed by atoms with E-state index in [1.807, 2.05) is 6.92 Å². The van der Waals surface area contributed by atoms with Crippen LogP contribution in [0.1, 0.15) is 19.8 Å². The molecule has 19 heavy (non-hydrogen) atoms. The number of amides is 1. The van der Waals surface area contributed by atoms with Crippen LogP contribution in [0.25, 0.3) is 0 Å². The predicted octanol–water partition coefficient (Wildman–Crippen LogP) is 2.23. The molecule has 0 bridgehead atoms. The Kier molecular flexibility index (Phi) is 4.30. The summed E-state index contributed by atoms with van der Waals surface area (Å²) in [6.07, 6.45) is 1.97. The zero-order valence-corrected chi connectivity index (χ0v) is 13.1. The lowest BCUT2D eigenvalue weighted by molar-refractivity contribution is -0.128. The highest BCUT2D eigenvalue weighted by Crippen LogP contribution is 2.27. The molecule has 1 aliphatic carbocycles. The normalized spacial score (nSPS) is 15.3.